The lowest BCUT2D eigenvalue weighted by Crippen LogP contribution is -2.09. The summed E-state index contributed by atoms with van der Waals surface area (Å²) in [4.78, 5) is 10.6. The van der Waals surface area contributed by atoms with Gasteiger partial charge in [0.15, 0.2) is 0 Å². The average Bonchev–Trinajstić information content (AvgIpc) is 2.09. The minimum Gasteiger partial charge on any atom is -0.501 e. The quantitative estimate of drug-likeness (QED) is 0.373. The fourth-order valence-corrected chi connectivity index (χ4v) is 0.891. The van der Waals surface area contributed by atoms with Crippen molar-refractivity contribution in [2.45, 2.75) is 39.2 Å². The molecule has 4 nitrogen and oxygen atoms in total. The number of aliphatic hydroxyl groups is 1. The molecule has 4 heteroatoms. The number of carboxylic acid groups (broad SMARTS) is 1. The Balaban J connectivity index is 3.99. The van der Waals surface area contributed by atoms with Gasteiger partial charge in [0.2, 0.25) is 0 Å². The number of aliphatic hydroxyl groups excluding tert-OH is 1. The van der Waals surface area contributed by atoms with E-state index >= 15 is 0 Å². The van der Waals surface area contributed by atoms with Crippen LogP contribution in [0, 0.1) is 0 Å². The largest absolute Gasteiger partial charge is 0.501 e. The van der Waals surface area contributed by atoms with E-state index in [1.807, 2.05) is 6.92 Å². The standard InChI is InChI=1S/C10H18O4/c1-3-4-5-14-7-9(10(12)13)6-8(2)11/h7-8,11H,3-6H2,1-2H3,(H,12,13). The van der Waals surface area contributed by atoms with Crippen LogP contribution in [0.3, 0.4) is 0 Å². The number of hydrogen-bond donors (Lipinski definition) is 2. The number of carboxylic acids is 1. The molecule has 82 valence electrons. The van der Waals surface area contributed by atoms with Crippen LogP contribution in [0.5, 0.6) is 0 Å². The van der Waals surface area contributed by atoms with Gasteiger partial charge in [0.25, 0.3) is 0 Å². The number of rotatable bonds is 7. The Morgan fingerprint density at radius 2 is 2.21 bits per heavy atom. The Morgan fingerprint density at radius 1 is 1.57 bits per heavy atom. The van der Waals surface area contributed by atoms with Gasteiger partial charge in [-0.1, -0.05) is 13.3 Å². The van der Waals surface area contributed by atoms with Gasteiger partial charge >= 0.3 is 5.97 Å². The molecular formula is C10H18O4. The second-order valence-electron chi connectivity index (χ2n) is 3.23. The van der Waals surface area contributed by atoms with Crippen molar-refractivity contribution in [3.63, 3.8) is 0 Å². The van der Waals surface area contributed by atoms with Crippen LogP contribution in [-0.2, 0) is 9.53 Å². The zero-order valence-electron chi connectivity index (χ0n) is 8.69. The van der Waals surface area contributed by atoms with Crippen LogP contribution in [0.15, 0.2) is 11.8 Å². The second kappa shape index (κ2) is 7.38. The second-order valence-corrected chi connectivity index (χ2v) is 3.23. The molecule has 0 aromatic rings. The number of aliphatic carboxylic acids is 1. The predicted octanol–water partition coefficient (Wildman–Crippen LogP) is 1.54. The molecule has 0 spiro atoms. The Morgan fingerprint density at radius 3 is 2.64 bits per heavy atom. The molecule has 0 aliphatic carbocycles. The van der Waals surface area contributed by atoms with Gasteiger partial charge in [-0.25, -0.2) is 4.79 Å². The summed E-state index contributed by atoms with van der Waals surface area (Å²) >= 11 is 0. The Labute approximate surface area is 84.2 Å². The summed E-state index contributed by atoms with van der Waals surface area (Å²) in [5, 5.41) is 17.7. The topological polar surface area (TPSA) is 66.8 Å². The summed E-state index contributed by atoms with van der Waals surface area (Å²) in [6, 6.07) is 0. The van der Waals surface area contributed by atoms with E-state index in [0.29, 0.717) is 6.61 Å². The monoisotopic (exact) mass is 202 g/mol. The summed E-state index contributed by atoms with van der Waals surface area (Å²) < 4.78 is 5.04. The van der Waals surface area contributed by atoms with Crippen molar-refractivity contribution in [3.05, 3.63) is 11.8 Å². The van der Waals surface area contributed by atoms with Crippen molar-refractivity contribution in [2.24, 2.45) is 0 Å². The van der Waals surface area contributed by atoms with Gasteiger partial charge in [-0.05, 0) is 13.3 Å². The van der Waals surface area contributed by atoms with Crippen molar-refractivity contribution in [1.82, 2.24) is 0 Å². The van der Waals surface area contributed by atoms with Gasteiger partial charge in [0.05, 0.1) is 24.5 Å². The lowest BCUT2D eigenvalue weighted by Gasteiger charge is -2.05. The summed E-state index contributed by atoms with van der Waals surface area (Å²) in [6.07, 6.45) is 2.59. The Kier molecular flexibility index (Phi) is 6.84. The first-order valence-electron chi connectivity index (χ1n) is 4.80. The molecule has 0 aliphatic heterocycles. The number of ether oxygens (including phenoxy) is 1. The minimum absolute atomic E-state index is 0.108. The first kappa shape index (κ1) is 13.0. The van der Waals surface area contributed by atoms with Crippen LogP contribution in [0.25, 0.3) is 0 Å². The molecule has 1 atom stereocenters. The van der Waals surface area contributed by atoms with Crippen molar-refractivity contribution >= 4 is 5.97 Å². The molecular weight excluding hydrogens is 184 g/mol. The summed E-state index contributed by atoms with van der Waals surface area (Å²) in [6.45, 7) is 4.09. The molecule has 0 saturated heterocycles. The predicted molar refractivity (Wildman–Crippen MR) is 52.9 cm³/mol. The van der Waals surface area contributed by atoms with E-state index in [2.05, 4.69) is 0 Å². The summed E-state index contributed by atoms with van der Waals surface area (Å²) in [5.74, 6) is -1.04. The van der Waals surface area contributed by atoms with E-state index < -0.39 is 12.1 Å². The summed E-state index contributed by atoms with van der Waals surface area (Å²) in [5.41, 5.74) is 0.108. The van der Waals surface area contributed by atoms with E-state index in [-0.39, 0.29) is 12.0 Å². The first-order valence-corrected chi connectivity index (χ1v) is 4.80. The molecule has 0 amide bonds. The SMILES string of the molecule is CCCCOC=C(CC(C)O)C(=O)O. The lowest BCUT2D eigenvalue weighted by molar-refractivity contribution is -0.133. The van der Waals surface area contributed by atoms with Crippen LogP contribution in [-0.4, -0.2) is 28.9 Å². The molecule has 0 aromatic heterocycles. The zero-order chi connectivity index (χ0) is 11.0. The fraction of sp³-hybridized carbons (Fsp3) is 0.700. The molecule has 0 radical (unpaired) electrons. The van der Waals surface area contributed by atoms with E-state index in [4.69, 9.17) is 14.9 Å². The maximum absolute atomic E-state index is 10.6. The number of hydrogen-bond acceptors (Lipinski definition) is 3. The van der Waals surface area contributed by atoms with Crippen molar-refractivity contribution < 1.29 is 19.7 Å². The van der Waals surface area contributed by atoms with Crippen molar-refractivity contribution in [1.29, 1.82) is 0 Å². The highest BCUT2D eigenvalue weighted by atomic mass is 16.5. The van der Waals surface area contributed by atoms with Crippen LogP contribution in [0.2, 0.25) is 0 Å². The smallest absolute Gasteiger partial charge is 0.334 e. The molecule has 0 rings (SSSR count). The van der Waals surface area contributed by atoms with E-state index in [9.17, 15) is 4.79 Å². The highest BCUT2D eigenvalue weighted by Gasteiger charge is 2.10. The van der Waals surface area contributed by atoms with E-state index in [0.717, 1.165) is 12.8 Å². The van der Waals surface area contributed by atoms with Gasteiger partial charge in [-0.3, -0.25) is 0 Å². The van der Waals surface area contributed by atoms with Gasteiger partial charge in [-0.2, -0.15) is 0 Å². The number of carbonyl (C=O) groups is 1. The molecule has 2 N–H and O–H groups in total. The van der Waals surface area contributed by atoms with Crippen molar-refractivity contribution in [3.8, 4) is 0 Å². The maximum Gasteiger partial charge on any atom is 0.334 e. The first-order chi connectivity index (χ1) is 6.57. The fourth-order valence-electron chi connectivity index (χ4n) is 0.891. The Hall–Kier alpha value is -1.03. The van der Waals surface area contributed by atoms with E-state index in [1.54, 1.807) is 6.92 Å². The van der Waals surface area contributed by atoms with Gasteiger partial charge in [0, 0.05) is 6.42 Å². The van der Waals surface area contributed by atoms with Gasteiger partial charge < -0.3 is 14.9 Å². The van der Waals surface area contributed by atoms with Crippen LogP contribution >= 0.6 is 0 Å². The zero-order valence-corrected chi connectivity index (χ0v) is 8.69. The number of unbranched alkanes of at least 4 members (excludes halogenated alkanes) is 1. The Bertz CT molecular complexity index is 196. The molecule has 0 fully saturated rings. The average molecular weight is 202 g/mol. The molecule has 14 heavy (non-hydrogen) atoms. The van der Waals surface area contributed by atoms with E-state index in [1.165, 1.54) is 6.26 Å². The normalized spacial score (nSPS) is 13.8. The highest BCUT2D eigenvalue weighted by molar-refractivity contribution is 5.86. The third kappa shape index (κ3) is 6.48. The van der Waals surface area contributed by atoms with Crippen LogP contribution < -0.4 is 0 Å². The molecule has 0 heterocycles. The third-order valence-corrected chi connectivity index (χ3v) is 1.63. The minimum atomic E-state index is -1.04. The van der Waals surface area contributed by atoms with Crippen LogP contribution in [0.1, 0.15) is 33.1 Å². The molecule has 1 unspecified atom stereocenters. The van der Waals surface area contributed by atoms with Crippen LogP contribution in [0.4, 0.5) is 0 Å². The molecule has 0 saturated carbocycles. The molecule has 0 aliphatic rings. The third-order valence-electron chi connectivity index (χ3n) is 1.63. The maximum atomic E-state index is 10.6. The summed E-state index contributed by atoms with van der Waals surface area (Å²) in [7, 11) is 0. The highest BCUT2D eigenvalue weighted by Crippen LogP contribution is 2.06. The van der Waals surface area contributed by atoms with Gasteiger partial charge in [0.1, 0.15) is 0 Å². The molecule has 0 aromatic carbocycles. The van der Waals surface area contributed by atoms with Crippen molar-refractivity contribution in [2.75, 3.05) is 6.61 Å². The van der Waals surface area contributed by atoms with Gasteiger partial charge in [-0.15, -0.1) is 0 Å². The molecule has 0 bridgehead atoms. The lowest BCUT2D eigenvalue weighted by atomic mass is 10.1.